The zero-order valence-corrected chi connectivity index (χ0v) is 20.9. The maximum atomic E-state index is 13.0. The zero-order chi connectivity index (χ0) is 24.8. The molecule has 7 heteroatoms. The number of carbonyl (C=O) groups excluding carboxylic acids is 2. The molecule has 1 heterocycles. The van der Waals surface area contributed by atoms with Gasteiger partial charge in [-0.15, -0.1) is 6.58 Å². The molecule has 0 aromatic heterocycles. The van der Waals surface area contributed by atoms with Crippen LogP contribution in [0.15, 0.2) is 89.4 Å². The third-order valence-electron chi connectivity index (χ3n) is 5.33. The molecule has 35 heavy (non-hydrogen) atoms. The van der Waals surface area contributed by atoms with Gasteiger partial charge in [0.05, 0.1) is 12.3 Å². The summed E-state index contributed by atoms with van der Waals surface area (Å²) < 4.78 is 13.1. The summed E-state index contributed by atoms with van der Waals surface area (Å²) in [7, 11) is 0. The lowest BCUT2D eigenvalue weighted by Crippen LogP contribution is -2.35. The normalized spacial score (nSPS) is 14.2. The van der Waals surface area contributed by atoms with E-state index < -0.39 is 11.8 Å². The number of nitrogens with one attached hydrogen (secondary N) is 1. The molecule has 0 unspecified atom stereocenters. The van der Waals surface area contributed by atoms with Crippen molar-refractivity contribution >= 4 is 39.5 Å². The number of hydrogen-bond donors (Lipinski definition) is 1. The molecule has 0 aliphatic carbocycles. The molecule has 3 aromatic rings. The molecule has 178 valence electrons. The zero-order valence-electron chi connectivity index (χ0n) is 19.3. The highest BCUT2D eigenvalue weighted by Crippen LogP contribution is 2.36. The lowest BCUT2D eigenvalue weighted by Gasteiger charge is -2.17. The van der Waals surface area contributed by atoms with E-state index in [1.807, 2.05) is 43.3 Å². The van der Waals surface area contributed by atoms with Gasteiger partial charge in [0.25, 0.3) is 11.8 Å². The summed E-state index contributed by atoms with van der Waals surface area (Å²) in [4.78, 5) is 25.6. The summed E-state index contributed by atoms with van der Waals surface area (Å²) >= 11 is 3.44. The smallest absolute Gasteiger partial charge is 0.282 e. The van der Waals surface area contributed by atoms with Gasteiger partial charge in [0.1, 0.15) is 12.2 Å². The second kappa shape index (κ2) is 11.1. The van der Waals surface area contributed by atoms with Gasteiger partial charge in [0.15, 0.2) is 11.5 Å². The molecule has 2 amide bonds. The largest absolute Gasteiger partial charge is 0.490 e. The second-order valence-electron chi connectivity index (χ2n) is 7.82. The van der Waals surface area contributed by atoms with Gasteiger partial charge < -0.3 is 9.47 Å². The van der Waals surface area contributed by atoms with Crippen LogP contribution in [-0.4, -0.2) is 18.4 Å². The van der Waals surface area contributed by atoms with Crippen LogP contribution in [-0.2, 0) is 22.6 Å². The lowest BCUT2D eigenvalue weighted by atomic mass is 10.0. The molecule has 0 saturated carbocycles. The molecule has 1 N–H and O–H groups in total. The van der Waals surface area contributed by atoms with Crippen molar-refractivity contribution in [2.45, 2.75) is 20.0 Å². The number of benzene rings is 3. The Morgan fingerprint density at radius 1 is 1.03 bits per heavy atom. The molecule has 1 fully saturated rings. The minimum absolute atomic E-state index is 0.0457. The van der Waals surface area contributed by atoms with Crippen LogP contribution in [0.5, 0.6) is 11.5 Å². The molecule has 1 aliphatic rings. The van der Waals surface area contributed by atoms with Crippen LogP contribution in [0.1, 0.15) is 23.6 Å². The van der Waals surface area contributed by atoms with E-state index in [4.69, 9.17) is 9.47 Å². The molecular formula is C28H25BrN2O4. The Hall–Kier alpha value is -3.84. The number of amides is 2. The van der Waals surface area contributed by atoms with E-state index in [1.165, 1.54) is 5.01 Å². The van der Waals surface area contributed by atoms with E-state index in [1.54, 1.807) is 42.5 Å². The highest BCUT2D eigenvalue weighted by Gasteiger charge is 2.34. The third-order valence-corrected chi connectivity index (χ3v) is 5.86. The molecule has 0 atom stereocenters. The summed E-state index contributed by atoms with van der Waals surface area (Å²) in [6, 6.07) is 20.5. The Bertz CT molecular complexity index is 1270. The first kappa shape index (κ1) is 24.3. The van der Waals surface area contributed by atoms with E-state index in [-0.39, 0.29) is 5.57 Å². The minimum atomic E-state index is -0.461. The van der Waals surface area contributed by atoms with Gasteiger partial charge in [-0.05, 0) is 66.9 Å². The first-order chi connectivity index (χ1) is 17.0. The van der Waals surface area contributed by atoms with E-state index in [0.29, 0.717) is 42.4 Å². The predicted octanol–water partition coefficient (Wildman–Crippen LogP) is 5.62. The van der Waals surface area contributed by atoms with Crippen molar-refractivity contribution in [3.63, 3.8) is 0 Å². The van der Waals surface area contributed by atoms with Gasteiger partial charge in [-0.2, -0.15) is 0 Å². The third kappa shape index (κ3) is 5.63. The number of anilines is 1. The van der Waals surface area contributed by atoms with Crippen molar-refractivity contribution in [2.75, 3.05) is 11.6 Å². The first-order valence-electron chi connectivity index (χ1n) is 11.2. The van der Waals surface area contributed by atoms with Crippen LogP contribution in [0.4, 0.5) is 5.69 Å². The number of ether oxygens (including phenoxy) is 2. The topological polar surface area (TPSA) is 67.9 Å². The van der Waals surface area contributed by atoms with Gasteiger partial charge in [-0.25, -0.2) is 5.01 Å². The second-order valence-corrected chi connectivity index (χ2v) is 8.74. The van der Waals surface area contributed by atoms with Crippen LogP contribution in [0.2, 0.25) is 0 Å². The van der Waals surface area contributed by atoms with E-state index >= 15 is 0 Å². The Kier molecular flexibility index (Phi) is 7.67. The van der Waals surface area contributed by atoms with Crippen LogP contribution in [0.25, 0.3) is 6.08 Å². The number of hydrogen-bond acceptors (Lipinski definition) is 4. The molecule has 0 radical (unpaired) electrons. The number of hydrazine groups is 1. The van der Waals surface area contributed by atoms with Crippen LogP contribution < -0.4 is 19.9 Å². The molecular weight excluding hydrogens is 508 g/mol. The summed E-state index contributed by atoms with van der Waals surface area (Å²) in [5, 5.41) is 1.25. The van der Waals surface area contributed by atoms with Crippen molar-refractivity contribution in [3.05, 3.63) is 106 Å². The summed E-state index contributed by atoms with van der Waals surface area (Å²) in [6.07, 6.45) is 3.89. The number of allylic oxidation sites excluding steroid dienone is 1. The summed E-state index contributed by atoms with van der Waals surface area (Å²) in [5.74, 6) is 0.282. The maximum absolute atomic E-state index is 13.0. The summed E-state index contributed by atoms with van der Waals surface area (Å²) in [6.45, 7) is 6.55. The monoisotopic (exact) mass is 532 g/mol. The number of rotatable bonds is 9. The number of nitrogens with zero attached hydrogens (tertiary/aromatic N) is 1. The van der Waals surface area contributed by atoms with Gasteiger partial charge in [0, 0.05) is 10.0 Å². The summed E-state index contributed by atoms with van der Waals surface area (Å²) in [5.41, 5.74) is 5.79. The van der Waals surface area contributed by atoms with Crippen molar-refractivity contribution in [1.29, 1.82) is 0 Å². The highest BCUT2D eigenvalue weighted by molar-refractivity contribution is 9.10. The van der Waals surface area contributed by atoms with Crippen molar-refractivity contribution in [2.24, 2.45) is 0 Å². The Morgan fingerprint density at radius 2 is 1.77 bits per heavy atom. The lowest BCUT2D eigenvalue weighted by molar-refractivity contribution is -0.117. The molecule has 1 saturated heterocycles. The fraction of sp³-hybridized carbons (Fsp3) is 0.143. The molecule has 0 bridgehead atoms. The molecule has 4 rings (SSSR count). The molecule has 0 spiro atoms. The standard InChI is InChI=1S/C28H25BrN2O4/c1-3-8-21-15-20(16-24-27(32)30-31(28(24)33)23-9-6-5-7-10-23)17-25(34-4-2)26(21)35-18-19-11-13-22(29)14-12-19/h3,5-7,9-17H,1,4,8,18H2,2H3,(H,30,32)/b24-16-. The van der Waals surface area contributed by atoms with E-state index in [0.717, 1.165) is 15.6 Å². The molecule has 3 aromatic carbocycles. The molecule has 6 nitrogen and oxygen atoms in total. The van der Waals surface area contributed by atoms with Crippen LogP contribution >= 0.6 is 15.9 Å². The fourth-order valence-electron chi connectivity index (χ4n) is 3.72. The number of carbonyl (C=O) groups is 2. The SMILES string of the molecule is C=CCc1cc(/C=C2/C(=O)NN(c3ccccc3)C2=O)cc(OCC)c1OCc1ccc(Br)cc1. The van der Waals surface area contributed by atoms with Gasteiger partial charge in [-0.3, -0.25) is 15.0 Å². The fourth-order valence-corrected chi connectivity index (χ4v) is 3.98. The van der Waals surface area contributed by atoms with Crippen LogP contribution in [0.3, 0.4) is 0 Å². The van der Waals surface area contributed by atoms with Crippen LogP contribution in [0, 0.1) is 0 Å². The average molecular weight is 533 g/mol. The van der Waals surface area contributed by atoms with Crippen molar-refractivity contribution in [1.82, 2.24) is 5.43 Å². The van der Waals surface area contributed by atoms with Gasteiger partial charge >= 0.3 is 0 Å². The first-order valence-corrected chi connectivity index (χ1v) is 12.0. The minimum Gasteiger partial charge on any atom is -0.490 e. The Morgan fingerprint density at radius 3 is 2.46 bits per heavy atom. The van der Waals surface area contributed by atoms with E-state index in [9.17, 15) is 9.59 Å². The van der Waals surface area contributed by atoms with Gasteiger partial charge in [-0.1, -0.05) is 52.3 Å². The predicted molar refractivity (Wildman–Crippen MR) is 140 cm³/mol. The number of halogens is 1. The quantitative estimate of drug-likeness (QED) is 0.220. The average Bonchev–Trinajstić information content (AvgIpc) is 3.14. The Balaban J connectivity index is 1.66. The maximum Gasteiger partial charge on any atom is 0.282 e. The highest BCUT2D eigenvalue weighted by atomic mass is 79.9. The Labute approximate surface area is 213 Å². The van der Waals surface area contributed by atoms with E-state index in [2.05, 4.69) is 27.9 Å². The molecule has 1 aliphatic heterocycles. The van der Waals surface area contributed by atoms with Gasteiger partial charge in [0.2, 0.25) is 0 Å². The number of para-hydroxylation sites is 1. The van der Waals surface area contributed by atoms with Crippen molar-refractivity contribution in [3.8, 4) is 11.5 Å². The van der Waals surface area contributed by atoms with Crippen molar-refractivity contribution < 1.29 is 19.1 Å².